The summed E-state index contributed by atoms with van der Waals surface area (Å²) in [5.74, 6) is 1.20. The van der Waals surface area contributed by atoms with Gasteiger partial charge in [-0.3, -0.25) is 4.79 Å². The van der Waals surface area contributed by atoms with Gasteiger partial charge in [-0.25, -0.2) is 0 Å². The van der Waals surface area contributed by atoms with E-state index in [2.05, 4.69) is 0 Å². The van der Waals surface area contributed by atoms with Crippen LogP contribution >= 0.6 is 0 Å². The molecule has 0 unspecified atom stereocenters. The van der Waals surface area contributed by atoms with Crippen LogP contribution in [0.2, 0.25) is 0 Å². The van der Waals surface area contributed by atoms with Crippen LogP contribution in [-0.4, -0.2) is 6.29 Å². The van der Waals surface area contributed by atoms with Gasteiger partial charge in [0, 0.05) is 10.8 Å². The summed E-state index contributed by atoms with van der Waals surface area (Å²) in [4.78, 5) is 10.6. The minimum Gasteiger partial charge on any atom is -0.461 e. The molecule has 3 aromatic rings. The summed E-state index contributed by atoms with van der Waals surface area (Å²) in [7, 11) is 0. The monoisotopic (exact) mass is 200 g/mol. The molecule has 0 saturated heterocycles. The highest BCUT2D eigenvalue weighted by molar-refractivity contribution is 6.05. The van der Waals surface area contributed by atoms with Crippen LogP contribution in [0.3, 0.4) is 0 Å². The van der Waals surface area contributed by atoms with Gasteiger partial charge >= 0.3 is 0 Å². The molecule has 0 N–H and O–H groups in total. The van der Waals surface area contributed by atoms with Crippen molar-refractivity contribution in [1.29, 1.82) is 0 Å². The van der Waals surface area contributed by atoms with E-state index in [9.17, 15) is 4.79 Å². The Morgan fingerprint density at radius 2 is 1.73 bits per heavy atom. The molecule has 0 spiro atoms. The topological polar surface area (TPSA) is 43.4 Å². The average Bonchev–Trinajstić information content (AvgIpc) is 2.78. The molecule has 0 radical (unpaired) electrons. The van der Waals surface area contributed by atoms with E-state index >= 15 is 0 Å². The fourth-order valence-electron chi connectivity index (χ4n) is 1.84. The highest BCUT2D eigenvalue weighted by Crippen LogP contribution is 2.29. The number of aldehydes is 1. The Morgan fingerprint density at radius 1 is 1.07 bits per heavy atom. The highest BCUT2D eigenvalue weighted by atomic mass is 16.3. The zero-order chi connectivity index (χ0) is 10.4. The molecule has 2 aromatic heterocycles. The minimum atomic E-state index is 0.344. The number of hydrogen-bond donors (Lipinski definition) is 0. The molecule has 2 heterocycles. The molecule has 0 bridgehead atoms. The molecule has 0 aliphatic heterocycles. The number of carbonyl (C=O) groups is 1. The fraction of sp³-hybridized carbons (Fsp3) is 0.0833. The van der Waals surface area contributed by atoms with Gasteiger partial charge in [-0.2, -0.15) is 0 Å². The molecule has 0 amide bonds. The standard InChI is InChI=1S/C12H8O3/c1-7-4-9-10-5-8(6-13)15-12(10)3-2-11(9)14-7/h2-6H,1H3. The van der Waals surface area contributed by atoms with Crippen molar-refractivity contribution in [3.63, 3.8) is 0 Å². The van der Waals surface area contributed by atoms with Crippen LogP contribution in [0, 0.1) is 6.92 Å². The summed E-state index contributed by atoms with van der Waals surface area (Å²) in [5.41, 5.74) is 1.53. The first-order valence-corrected chi connectivity index (χ1v) is 4.66. The van der Waals surface area contributed by atoms with Crippen LogP contribution in [-0.2, 0) is 0 Å². The summed E-state index contributed by atoms with van der Waals surface area (Å²) < 4.78 is 10.8. The van der Waals surface area contributed by atoms with Crippen molar-refractivity contribution >= 4 is 28.2 Å². The third kappa shape index (κ3) is 1.09. The normalized spacial score (nSPS) is 11.3. The molecular formula is C12H8O3. The van der Waals surface area contributed by atoms with Crippen molar-refractivity contribution < 1.29 is 13.6 Å². The Hall–Kier alpha value is -2.03. The number of benzene rings is 1. The Balaban J connectivity index is 2.51. The fourth-order valence-corrected chi connectivity index (χ4v) is 1.84. The van der Waals surface area contributed by atoms with Crippen LogP contribution < -0.4 is 0 Å². The molecule has 0 saturated carbocycles. The molecule has 74 valence electrons. The zero-order valence-corrected chi connectivity index (χ0v) is 8.11. The van der Waals surface area contributed by atoms with E-state index in [1.54, 1.807) is 6.07 Å². The van der Waals surface area contributed by atoms with Crippen LogP contribution in [0.25, 0.3) is 21.9 Å². The number of carbonyl (C=O) groups excluding carboxylic acids is 1. The molecule has 3 rings (SSSR count). The van der Waals surface area contributed by atoms with E-state index in [-0.39, 0.29) is 0 Å². The largest absolute Gasteiger partial charge is 0.461 e. The summed E-state index contributed by atoms with van der Waals surface area (Å²) >= 11 is 0. The first kappa shape index (κ1) is 8.29. The maximum atomic E-state index is 10.6. The van der Waals surface area contributed by atoms with Crippen LogP contribution in [0.1, 0.15) is 16.3 Å². The van der Waals surface area contributed by atoms with Gasteiger partial charge in [-0.05, 0) is 31.2 Å². The predicted octanol–water partition coefficient (Wildman–Crippen LogP) is 3.30. The Kier molecular flexibility index (Phi) is 1.51. The van der Waals surface area contributed by atoms with E-state index in [4.69, 9.17) is 8.83 Å². The van der Waals surface area contributed by atoms with Gasteiger partial charge in [0.05, 0.1) is 0 Å². The van der Waals surface area contributed by atoms with E-state index in [0.29, 0.717) is 17.6 Å². The predicted molar refractivity (Wildman–Crippen MR) is 56.1 cm³/mol. The second-order valence-electron chi connectivity index (χ2n) is 3.51. The quantitative estimate of drug-likeness (QED) is 0.566. The number of furan rings is 2. The molecular weight excluding hydrogens is 192 g/mol. The minimum absolute atomic E-state index is 0.344. The van der Waals surface area contributed by atoms with Crippen molar-refractivity contribution in [2.24, 2.45) is 0 Å². The number of fused-ring (bicyclic) bond motifs is 3. The highest BCUT2D eigenvalue weighted by Gasteiger charge is 2.09. The van der Waals surface area contributed by atoms with Gasteiger partial charge in [0.1, 0.15) is 16.9 Å². The Bertz CT molecular complexity index is 658. The lowest BCUT2D eigenvalue weighted by atomic mass is 10.1. The van der Waals surface area contributed by atoms with Crippen LogP contribution in [0.5, 0.6) is 0 Å². The summed E-state index contributed by atoms with van der Waals surface area (Å²) in [6.45, 7) is 1.90. The number of rotatable bonds is 1. The van der Waals surface area contributed by atoms with Gasteiger partial charge in [0.2, 0.25) is 0 Å². The first-order valence-electron chi connectivity index (χ1n) is 4.66. The summed E-state index contributed by atoms with van der Waals surface area (Å²) in [6.07, 6.45) is 0.707. The SMILES string of the molecule is Cc1cc2c(ccc3oc(C=O)cc32)o1. The molecule has 15 heavy (non-hydrogen) atoms. The molecule has 0 fully saturated rings. The number of hydrogen-bond acceptors (Lipinski definition) is 3. The van der Waals surface area contributed by atoms with Crippen LogP contribution in [0.15, 0.2) is 33.1 Å². The molecule has 1 aromatic carbocycles. The van der Waals surface area contributed by atoms with Crippen molar-refractivity contribution in [1.82, 2.24) is 0 Å². The molecule has 0 aliphatic rings. The second-order valence-corrected chi connectivity index (χ2v) is 3.51. The van der Waals surface area contributed by atoms with Crippen molar-refractivity contribution in [3.05, 3.63) is 35.8 Å². The second kappa shape index (κ2) is 2.73. The van der Waals surface area contributed by atoms with E-state index in [1.807, 2.05) is 25.1 Å². The first-order chi connectivity index (χ1) is 7.28. The third-order valence-electron chi connectivity index (χ3n) is 2.46. The van der Waals surface area contributed by atoms with Gasteiger partial charge < -0.3 is 8.83 Å². The third-order valence-corrected chi connectivity index (χ3v) is 2.46. The molecule has 0 aliphatic carbocycles. The molecule has 0 atom stereocenters. The molecule has 3 heteroatoms. The summed E-state index contributed by atoms with van der Waals surface area (Å²) in [5, 5.41) is 1.91. The van der Waals surface area contributed by atoms with Gasteiger partial charge in [0.25, 0.3) is 0 Å². The van der Waals surface area contributed by atoms with Gasteiger partial charge in [-0.1, -0.05) is 0 Å². The summed E-state index contributed by atoms with van der Waals surface area (Å²) in [6, 6.07) is 7.34. The molecule has 3 nitrogen and oxygen atoms in total. The van der Waals surface area contributed by atoms with Crippen LogP contribution in [0.4, 0.5) is 0 Å². The van der Waals surface area contributed by atoms with E-state index in [0.717, 1.165) is 22.1 Å². The van der Waals surface area contributed by atoms with Gasteiger partial charge in [0.15, 0.2) is 12.0 Å². The maximum absolute atomic E-state index is 10.6. The van der Waals surface area contributed by atoms with Crippen molar-refractivity contribution in [2.75, 3.05) is 0 Å². The van der Waals surface area contributed by atoms with Crippen molar-refractivity contribution in [2.45, 2.75) is 6.92 Å². The van der Waals surface area contributed by atoms with E-state index < -0.39 is 0 Å². The zero-order valence-electron chi connectivity index (χ0n) is 8.11. The van der Waals surface area contributed by atoms with Crippen molar-refractivity contribution in [3.8, 4) is 0 Å². The Labute approximate surface area is 85.3 Å². The Morgan fingerprint density at radius 3 is 2.47 bits per heavy atom. The lowest BCUT2D eigenvalue weighted by molar-refractivity contribution is 0.110. The lowest BCUT2D eigenvalue weighted by Crippen LogP contribution is -1.66. The maximum Gasteiger partial charge on any atom is 0.185 e. The lowest BCUT2D eigenvalue weighted by Gasteiger charge is -1.88. The van der Waals surface area contributed by atoms with E-state index in [1.165, 1.54) is 0 Å². The smallest absolute Gasteiger partial charge is 0.185 e. The average molecular weight is 200 g/mol. The van der Waals surface area contributed by atoms with Gasteiger partial charge in [-0.15, -0.1) is 0 Å². The number of aryl methyl sites for hydroxylation is 1.